The number of carbonyl (C=O) groups excluding carboxylic acids is 3. The fourth-order valence-electron chi connectivity index (χ4n) is 2.86. The monoisotopic (exact) mass is 346 g/mol. The van der Waals surface area contributed by atoms with Gasteiger partial charge in [0, 0.05) is 25.2 Å². The standard InChI is InChI=1S/C19H26N2O4/c1-3-8-17(22)21-12-7-9-15(13-21)19(24)25-14(2)18(23)20-16-10-5-4-6-11-16/h4-6,10-11,14-15H,3,7-9,12-13H2,1-2H3,(H,20,23). The molecule has 136 valence electrons. The molecule has 1 N–H and O–H groups in total. The molecule has 1 aliphatic rings. The summed E-state index contributed by atoms with van der Waals surface area (Å²) in [5.41, 5.74) is 0.657. The fourth-order valence-corrected chi connectivity index (χ4v) is 2.86. The van der Waals surface area contributed by atoms with Crippen molar-refractivity contribution in [3.8, 4) is 0 Å². The molecule has 2 amide bonds. The van der Waals surface area contributed by atoms with E-state index in [4.69, 9.17) is 4.74 Å². The highest BCUT2D eigenvalue weighted by Crippen LogP contribution is 2.20. The number of ether oxygens (including phenoxy) is 1. The van der Waals surface area contributed by atoms with Crippen molar-refractivity contribution in [1.82, 2.24) is 4.90 Å². The molecule has 1 aromatic carbocycles. The van der Waals surface area contributed by atoms with Crippen LogP contribution in [0.3, 0.4) is 0 Å². The van der Waals surface area contributed by atoms with Crippen LogP contribution >= 0.6 is 0 Å². The van der Waals surface area contributed by atoms with Crippen molar-refractivity contribution in [3.05, 3.63) is 30.3 Å². The minimum atomic E-state index is -0.880. The number of piperidine rings is 1. The van der Waals surface area contributed by atoms with E-state index >= 15 is 0 Å². The topological polar surface area (TPSA) is 75.7 Å². The Morgan fingerprint density at radius 2 is 2.00 bits per heavy atom. The molecule has 25 heavy (non-hydrogen) atoms. The van der Waals surface area contributed by atoms with Crippen LogP contribution in [0.15, 0.2) is 30.3 Å². The third-order valence-corrected chi connectivity index (χ3v) is 4.27. The number of nitrogens with zero attached hydrogens (tertiary/aromatic N) is 1. The summed E-state index contributed by atoms with van der Waals surface area (Å²) in [7, 11) is 0. The maximum atomic E-state index is 12.4. The highest BCUT2D eigenvalue weighted by molar-refractivity contribution is 5.95. The molecule has 0 aromatic heterocycles. The first kappa shape index (κ1) is 19.0. The third kappa shape index (κ3) is 5.59. The second kappa shape index (κ2) is 9.20. The first-order valence-electron chi connectivity index (χ1n) is 8.85. The molecule has 0 spiro atoms. The highest BCUT2D eigenvalue weighted by Gasteiger charge is 2.31. The lowest BCUT2D eigenvalue weighted by Gasteiger charge is -2.32. The van der Waals surface area contributed by atoms with Gasteiger partial charge >= 0.3 is 5.97 Å². The van der Waals surface area contributed by atoms with Gasteiger partial charge in [-0.3, -0.25) is 14.4 Å². The molecule has 0 aliphatic carbocycles. The van der Waals surface area contributed by atoms with Crippen LogP contribution in [-0.4, -0.2) is 41.9 Å². The zero-order valence-electron chi connectivity index (χ0n) is 14.9. The Bertz CT molecular complexity index is 603. The van der Waals surface area contributed by atoms with Crippen LogP contribution in [0.5, 0.6) is 0 Å². The van der Waals surface area contributed by atoms with E-state index in [-0.39, 0.29) is 17.7 Å². The molecule has 2 atom stereocenters. The van der Waals surface area contributed by atoms with Gasteiger partial charge in [-0.05, 0) is 38.3 Å². The number of likely N-dealkylation sites (tertiary alicyclic amines) is 1. The average Bonchev–Trinajstić information content (AvgIpc) is 2.62. The molecule has 0 saturated carbocycles. The molecule has 2 rings (SSSR count). The van der Waals surface area contributed by atoms with Crippen LogP contribution in [-0.2, 0) is 19.1 Å². The van der Waals surface area contributed by atoms with E-state index < -0.39 is 12.1 Å². The molecule has 1 heterocycles. The summed E-state index contributed by atoms with van der Waals surface area (Å²) < 4.78 is 5.32. The number of para-hydroxylation sites is 1. The van der Waals surface area contributed by atoms with Crippen molar-refractivity contribution in [1.29, 1.82) is 0 Å². The van der Waals surface area contributed by atoms with Crippen molar-refractivity contribution in [3.63, 3.8) is 0 Å². The van der Waals surface area contributed by atoms with Crippen molar-refractivity contribution in [2.45, 2.75) is 45.6 Å². The summed E-state index contributed by atoms with van der Waals surface area (Å²) in [6.45, 7) is 4.58. The normalized spacial score (nSPS) is 18.3. The van der Waals surface area contributed by atoms with Gasteiger partial charge in [-0.2, -0.15) is 0 Å². The molecule has 1 fully saturated rings. The van der Waals surface area contributed by atoms with Crippen LogP contribution in [0.2, 0.25) is 0 Å². The van der Waals surface area contributed by atoms with Crippen LogP contribution in [0.4, 0.5) is 5.69 Å². The summed E-state index contributed by atoms with van der Waals surface area (Å²) in [6, 6.07) is 9.02. The van der Waals surface area contributed by atoms with Crippen LogP contribution < -0.4 is 5.32 Å². The zero-order valence-corrected chi connectivity index (χ0v) is 14.9. The van der Waals surface area contributed by atoms with E-state index in [1.807, 2.05) is 25.1 Å². The van der Waals surface area contributed by atoms with Gasteiger partial charge in [0.05, 0.1) is 5.92 Å². The Morgan fingerprint density at radius 3 is 2.68 bits per heavy atom. The van der Waals surface area contributed by atoms with Crippen molar-refractivity contribution in [2.24, 2.45) is 5.92 Å². The number of amides is 2. The van der Waals surface area contributed by atoms with E-state index in [1.165, 1.54) is 0 Å². The predicted molar refractivity (Wildman–Crippen MR) is 94.8 cm³/mol. The first-order chi connectivity index (χ1) is 12.0. The molecule has 1 aliphatic heterocycles. The number of hydrogen-bond acceptors (Lipinski definition) is 4. The Hall–Kier alpha value is -2.37. The van der Waals surface area contributed by atoms with Gasteiger partial charge in [-0.25, -0.2) is 0 Å². The highest BCUT2D eigenvalue weighted by atomic mass is 16.5. The number of carbonyl (C=O) groups is 3. The number of rotatable bonds is 6. The largest absolute Gasteiger partial charge is 0.452 e. The Balaban J connectivity index is 1.85. The van der Waals surface area contributed by atoms with Gasteiger partial charge in [0.1, 0.15) is 0 Å². The van der Waals surface area contributed by atoms with Crippen molar-refractivity contribution >= 4 is 23.5 Å². The average molecular weight is 346 g/mol. The van der Waals surface area contributed by atoms with Crippen molar-refractivity contribution in [2.75, 3.05) is 18.4 Å². The second-order valence-corrected chi connectivity index (χ2v) is 6.36. The lowest BCUT2D eigenvalue weighted by molar-refractivity contribution is -0.159. The van der Waals surface area contributed by atoms with Gasteiger partial charge in [0.2, 0.25) is 5.91 Å². The number of benzene rings is 1. The zero-order chi connectivity index (χ0) is 18.2. The Kier molecular flexibility index (Phi) is 6.98. The second-order valence-electron chi connectivity index (χ2n) is 6.36. The Labute approximate surface area is 148 Å². The van der Waals surface area contributed by atoms with E-state index in [2.05, 4.69) is 5.32 Å². The lowest BCUT2D eigenvalue weighted by Crippen LogP contribution is -2.43. The number of nitrogens with one attached hydrogen (secondary N) is 1. The summed E-state index contributed by atoms with van der Waals surface area (Å²) in [6.07, 6.45) is 1.87. The van der Waals surface area contributed by atoms with Crippen LogP contribution in [0.25, 0.3) is 0 Å². The van der Waals surface area contributed by atoms with Gasteiger partial charge in [0.15, 0.2) is 6.10 Å². The van der Waals surface area contributed by atoms with E-state index in [0.717, 1.165) is 12.8 Å². The van der Waals surface area contributed by atoms with Gasteiger partial charge in [-0.15, -0.1) is 0 Å². The summed E-state index contributed by atoms with van der Waals surface area (Å²) >= 11 is 0. The van der Waals surface area contributed by atoms with Gasteiger partial charge in [0.25, 0.3) is 5.91 Å². The molecular weight excluding hydrogens is 320 g/mol. The molecule has 2 unspecified atom stereocenters. The summed E-state index contributed by atoms with van der Waals surface area (Å²) in [4.78, 5) is 38.2. The fraction of sp³-hybridized carbons (Fsp3) is 0.526. The lowest BCUT2D eigenvalue weighted by atomic mass is 9.97. The van der Waals surface area contributed by atoms with Crippen LogP contribution in [0, 0.1) is 5.92 Å². The summed E-state index contributed by atoms with van der Waals surface area (Å²) in [5, 5.41) is 2.71. The van der Waals surface area contributed by atoms with Crippen LogP contribution in [0.1, 0.15) is 39.5 Å². The van der Waals surface area contributed by atoms with Gasteiger partial charge in [-0.1, -0.05) is 25.1 Å². The van der Waals surface area contributed by atoms with E-state index in [9.17, 15) is 14.4 Å². The maximum Gasteiger partial charge on any atom is 0.311 e. The maximum absolute atomic E-state index is 12.4. The van der Waals surface area contributed by atoms with Gasteiger partial charge < -0.3 is 15.0 Å². The smallest absolute Gasteiger partial charge is 0.311 e. The SMILES string of the molecule is CCCC(=O)N1CCCC(C(=O)OC(C)C(=O)Nc2ccccc2)C1. The number of esters is 1. The Morgan fingerprint density at radius 1 is 1.28 bits per heavy atom. The number of anilines is 1. The van der Waals surface area contributed by atoms with E-state index in [0.29, 0.717) is 31.6 Å². The summed E-state index contributed by atoms with van der Waals surface area (Å²) in [5.74, 6) is -1.06. The number of hydrogen-bond donors (Lipinski definition) is 1. The minimum Gasteiger partial charge on any atom is -0.452 e. The quantitative estimate of drug-likeness (QED) is 0.803. The predicted octanol–water partition coefficient (Wildman–Crippen LogP) is 2.60. The van der Waals surface area contributed by atoms with E-state index in [1.54, 1.807) is 24.0 Å². The molecule has 6 nitrogen and oxygen atoms in total. The first-order valence-corrected chi connectivity index (χ1v) is 8.85. The molecule has 1 aromatic rings. The molecule has 0 bridgehead atoms. The third-order valence-electron chi connectivity index (χ3n) is 4.27. The molecule has 6 heteroatoms. The molecule has 0 radical (unpaired) electrons. The minimum absolute atomic E-state index is 0.0786. The molecule has 1 saturated heterocycles. The molecular formula is C19H26N2O4. The van der Waals surface area contributed by atoms with Crippen molar-refractivity contribution < 1.29 is 19.1 Å².